The number of ether oxygens (including phenoxy) is 2. The summed E-state index contributed by atoms with van der Waals surface area (Å²) in [5.74, 6) is 0. The largest absolute Gasteiger partial charge is 0.444 e. The molecular formula is C23H27ClN2O3. The van der Waals surface area contributed by atoms with E-state index in [0.29, 0.717) is 24.4 Å². The van der Waals surface area contributed by atoms with Crippen LogP contribution in [0.25, 0.3) is 0 Å². The number of nitrogens with zero attached hydrogens (tertiary/aromatic N) is 2. The van der Waals surface area contributed by atoms with Crippen LogP contribution in [0.15, 0.2) is 42.6 Å². The lowest BCUT2D eigenvalue weighted by Gasteiger charge is -2.44. The van der Waals surface area contributed by atoms with Gasteiger partial charge in [-0.15, -0.1) is 0 Å². The first-order chi connectivity index (χ1) is 13.7. The van der Waals surface area contributed by atoms with Gasteiger partial charge in [0.1, 0.15) is 11.7 Å². The van der Waals surface area contributed by atoms with Crippen molar-refractivity contribution in [3.8, 4) is 0 Å². The fourth-order valence-electron chi connectivity index (χ4n) is 4.43. The maximum atomic E-state index is 12.6. The Bertz CT molecular complexity index is 926. The highest BCUT2D eigenvalue weighted by Crippen LogP contribution is 2.52. The number of carbonyl (C=O) groups is 1. The van der Waals surface area contributed by atoms with Crippen LogP contribution in [0, 0.1) is 0 Å². The minimum atomic E-state index is -0.508. The summed E-state index contributed by atoms with van der Waals surface area (Å²) in [7, 11) is 0. The second kappa shape index (κ2) is 7.29. The number of likely N-dealkylation sites (tertiary alicyclic amines) is 1. The van der Waals surface area contributed by atoms with Crippen molar-refractivity contribution in [3.63, 3.8) is 0 Å². The molecule has 154 valence electrons. The van der Waals surface area contributed by atoms with Crippen molar-refractivity contribution in [3.05, 3.63) is 64.4 Å². The lowest BCUT2D eigenvalue weighted by Crippen LogP contribution is -2.51. The van der Waals surface area contributed by atoms with Crippen molar-refractivity contribution in [2.75, 3.05) is 6.54 Å². The Morgan fingerprint density at radius 3 is 2.76 bits per heavy atom. The smallest absolute Gasteiger partial charge is 0.410 e. The summed E-state index contributed by atoms with van der Waals surface area (Å²) in [6.45, 7) is 8.31. The maximum absolute atomic E-state index is 12.6. The summed E-state index contributed by atoms with van der Waals surface area (Å²) in [6.07, 6.45) is 2.61. The van der Waals surface area contributed by atoms with Gasteiger partial charge in [0.2, 0.25) is 0 Å². The molecule has 0 saturated carbocycles. The van der Waals surface area contributed by atoms with Crippen molar-refractivity contribution < 1.29 is 14.3 Å². The number of pyridine rings is 1. The van der Waals surface area contributed by atoms with Crippen LogP contribution in [0.1, 0.15) is 63.5 Å². The summed E-state index contributed by atoms with van der Waals surface area (Å²) in [6, 6.07) is 11.9. The molecular weight excluding hydrogens is 388 g/mol. The van der Waals surface area contributed by atoms with Crippen LogP contribution in [0.2, 0.25) is 5.02 Å². The summed E-state index contributed by atoms with van der Waals surface area (Å²) >= 11 is 6.20. The van der Waals surface area contributed by atoms with Crippen LogP contribution in [-0.2, 0) is 15.1 Å². The predicted octanol–water partition coefficient (Wildman–Crippen LogP) is 5.47. The molecule has 2 aliphatic rings. The van der Waals surface area contributed by atoms with Gasteiger partial charge in [0.15, 0.2) is 0 Å². The molecule has 3 atom stereocenters. The van der Waals surface area contributed by atoms with Crippen molar-refractivity contribution in [2.45, 2.75) is 63.9 Å². The third-order valence-electron chi connectivity index (χ3n) is 5.63. The number of fused-ring (bicyclic) bond motifs is 2. The molecule has 0 aliphatic carbocycles. The van der Waals surface area contributed by atoms with Crippen molar-refractivity contribution in [1.29, 1.82) is 0 Å². The molecule has 1 amide bonds. The zero-order valence-electron chi connectivity index (χ0n) is 17.3. The van der Waals surface area contributed by atoms with Crippen LogP contribution in [0.4, 0.5) is 4.79 Å². The monoisotopic (exact) mass is 414 g/mol. The number of hydrogen-bond donors (Lipinski definition) is 0. The van der Waals surface area contributed by atoms with Gasteiger partial charge >= 0.3 is 6.09 Å². The third-order valence-corrected chi connectivity index (χ3v) is 5.87. The minimum absolute atomic E-state index is 0.00210. The number of halogens is 1. The van der Waals surface area contributed by atoms with Crippen LogP contribution in [0.3, 0.4) is 0 Å². The predicted molar refractivity (Wildman–Crippen MR) is 112 cm³/mol. The van der Waals surface area contributed by atoms with Crippen LogP contribution >= 0.6 is 11.6 Å². The average Bonchev–Trinajstić information content (AvgIpc) is 2.95. The van der Waals surface area contributed by atoms with Crippen LogP contribution in [-0.4, -0.2) is 34.2 Å². The Hall–Kier alpha value is -2.11. The molecule has 2 aromatic rings. The second-order valence-electron chi connectivity index (χ2n) is 8.96. The van der Waals surface area contributed by atoms with Crippen molar-refractivity contribution >= 4 is 17.7 Å². The molecule has 1 aromatic heterocycles. The summed E-state index contributed by atoms with van der Waals surface area (Å²) in [5, 5.41) is 0.644. The highest BCUT2D eigenvalue weighted by molar-refractivity contribution is 6.30. The average molecular weight is 415 g/mol. The van der Waals surface area contributed by atoms with Crippen LogP contribution < -0.4 is 0 Å². The van der Waals surface area contributed by atoms with E-state index in [4.69, 9.17) is 21.1 Å². The highest BCUT2D eigenvalue weighted by atomic mass is 35.5. The van der Waals surface area contributed by atoms with E-state index in [-0.39, 0.29) is 18.2 Å². The summed E-state index contributed by atoms with van der Waals surface area (Å²) in [4.78, 5) is 19.0. The number of rotatable bonds is 1. The van der Waals surface area contributed by atoms with E-state index in [9.17, 15) is 4.79 Å². The molecule has 2 aliphatic heterocycles. The summed E-state index contributed by atoms with van der Waals surface area (Å²) in [5.41, 5.74) is 2.17. The quantitative estimate of drug-likeness (QED) is 0.620. The molecule has 1 saturated heterocycles. The summed E-state index contributed by atoms with van der Waals surface area (Å²) < 4.78 is 12.3. The molecule has 1 fully saturated rings. The maximum Gasteiger partial charge on any atom is 0.410 e. The fraction of sp³-hybridized carbons (Fsp3) is 0.478. The van der Waals surface area contributed by atoms with Gasteiger partial charge < -0.3 is 14.4 Å². The van der Waals surface area contributed by atoms with Gasteiger partial charge in [-0.2, -0.15) is 0 Å². The lowest BCUT2D eigenvalue weighted by molar-refractivity contribution is -0.110. The van der Waals surface area contributed by atoms with Gasteiger partial charge in [0.05, 0.1) is 11.3 Å². The van der Waals surface area contributed by atoms with Gasteiger partial charge in [-0.25, -0.2) is 4.79 Å². The molecule has 0 N–H and O–H groups in total. The first-order valence-electron chi connectivity index (χ1n) is 10.1. The zero-order chi connectivity index (χ0) is 20.8. The SMILES string of the molecule is CC1CC2(CCN1C(=O)OC(C)(C)C)OC(c1cc(Cl)ccn1)c1ccccc12. The van der Waals surface area contributed by atoms with E-state index in [1.54, 1.807) is 12.3 Å². The topological polar surface area (TPSA) is 51.7 Å². The fourth-order valence-corrected chi connectivity index (χ4v) is 4.60. The molecule has 0 bridgehead atoms. The number of amides is 1. The van der Waals surface area contributed by atoms with Gasteiger partial charge in [-0.05, 0) is 57.4 Å². The number of benzene rings is 1. The number of aromatic nitrogens is 1. The highest BCUT2D eigenvalue weighted by Gasteiger charge is 2.50. The number of piperidine rings is 1. The molecule has 1 aromatic carbocycles. The Kier molecular flexibility index (Phi) is 5.07. The standard InChI is InChI=1S/C23H27ClN2O3/c1-15-14-23(10-12-26(15)21(27)29-22(2,3)4)18-8-6-5-7-17(18)20(28-23)19-13-16(24)9-11-25-19/h5-9,11,13,15,20H,10,12,14H2,1-4H3. The molecule has 3 heterocycles. The van der Waals surface area contributed by atoms with E-state index in [0.717, 1.165) is 11.3 Å². The molecule has 0 radical (unpaired) electrons. The molecule has 5 nitrogen and oxygen atoms in total. The molecule has 3 unspecified atom stereocenters. The third kappa shape index (κ3) is 3.86. The zero-order valence-corrected chi connectivity index (χ0v) is 18.1. The molecule has 6 heteroatoms. The molecule has 4 rings (SSSR count). The number of carbonyl (C=O) groups excluding carboxylic acids is 1. The Labute approximate surface area is 177 Å². The molecule has 29 heavy (non-hydrogen) atoms. The first-order valence-corrected chi connectivity index (χ1v) is 10.4. The van der Waals surface area contributed by atoms with Crippen LogP contribution in [0.5, 0.6) is 0 Å². The van der Waals surface area contributed by atoms with Gasteiger partial charge in [-0.1, -0.05) is 35.9 Å². The van der Waals surface area contributed by atoms with E-state index < -0.39 is 11.2 Å². The number of hydrogen-bond acceptors (Lipinski definition) is 4. The van der Waals surface area contributed by atoms with E-state index in [2.05, 4.69) is 24.0 Å². The van der Waals surface area contributed by atoms with Gasteiger partial charge in [-0.3, -0.25) is 4.98 Å². The Balaban J connectivity index is 1.62. The second-order valence-corrected chi connectivity index (χ2v) is 9.39. The van der Waals surface area contributed by atoms with E-state index in [1.165, 1.54) is 5.56 Å². The lowest BCUT2D eigenvalue weighted by atomic mass is 9.80. The van der Waals surface area contributed by atoms with Gasteiger partial charge in [0, 0.05) is 30.2 Å². The molecule has 1 spiro atoms. The van der Waals surface area contributed by atoms with Gasteiger partial charge in [0.25, 0.3) is 0 Å². The van der Waals surface area contributed by atoms with Crippen molar-refractivity contribution in [2.24, 2.45) is 0 Å². The van der Waals surface area contributed by atoms with E-state index >= 15 is 0 Å². The normalized spacial score (nSPS) is 26.4. The Morgan fingerprint density at radius 1 is 1.31 bits per heavy atom. The minimum Gasteiger partial charge on any atom is -0.444 e. The Morgan fingerprint density at radius 2 is 2.07 bits per heavy atom. The van der Waals surface area contributed by atoms with Crippen molar-refractivity contribution in [1.82, 2.24) is 9.88 Å². The van der Waals surface area contributed by atoms with E-state index in [1.807, 2.05) is 43.9 Å². The first kappa shape index (κ1) is 20.2.